The molecule has 108 valence electrons. The highest BCUT2D eigenvalue weighted by molar-refractivity contribution is 5.97. The predicted octanol–water partition coefficient (Wildman–Crippen LogP) is 3.31. The Morgan fingerprint density at radius 2 is 1.43 bits per heavy atom. The summed E-state index contributed by atoms with van der Waals surface area (Å²) in [7, 11) is 1.77. The van der Waals surface area contributed by atoms with Crippen LogP contribution in [0.3, 0.4) is 0 Å². The number of benzene rings is 2. The van der Waals surface area contributed by atoms with E-state index in [0.717, 1.165) is 5.56 Å². The summed E-state index contributed by atoms with van der Waals surface area (Å²) in [6, 6.07) is 18.9. The van der Waals surface area contributed by atoms with Crippen LogP contribution in [0.2, 0.25) is 0 Å². The Morgan fingerprint density at radius 1 is 0.857 bits per heavy atom. The first-order chi connectivity index (χ1) is 10.2. The highest BCUT2D eigenvalue weighted by Gasteiger charge is 2.12. The van der Waals surface area contributed by atoms with Gasteiger partial charge < -0.3 is 4.90 Å². The second-order valence-corrected chi connectivity index (χ2v) is 5.02. The van der Waals surface area contributed by atoms with Crippen molar-refractivity contribution in [3.05, 3.63) is 71.8 Å². The molecular formula is C18H19NO2. The first kappa shape index (κ1) is 15.0. The Kier molecular flexibility index (Phi) is 5.27. The van der Waals surface area contributed by atoms with E-state index in [0.29, 0.717) is 12.1 Å². The van der Waals surface area contributed by atoms with E-state index in [9.17, 15) is 9.59 Å². The largest absolute Gasteiger partial charge is 0.341 e. The molecule has 21 heavy (non-hydrogen) atoms. The Hall–Kier alpha value is -2.42. The van der Waals surface area contributed by atoms with Crippen LogP contribution in [0.25, 0.3) is 0 Å². The number of amides is 1. The fraction of sp³-hybridized carbons (Fsp3) is 0.222. The number of Topliss-reactive ketones (excluding diaryl/α,β-unsaturated/α-hetero) is 1. The second-order valence-electron chi connectivity index (χ2n) is 5.02. The van der Waals surface area contributed by atoms with Crippen molar-refractivity contribution in [1.29, 1.82) is 0 Å². The van der Waals surface area contributed by atoms with Crippen LogP contribution in [-0.2, 0) is 11.3 Å². The summed E-state index contributed by atoms with van der Waals surface area (Å²) in [4.78, 5) is 25.7. The third kappa shape index (κ3) is 4.56. The summed E-state index contributed by atoms with van der Waals surface area (Å²) < 4.78 is 0. The van der Waals surface area contributed by atoms with E-state index in [2.05, 4.69) is 0 Å². The van der Waals surface area contributed by atoms with Gasteiger partial charge in [0, 0.05) is 32.0 Å². The number of hydrogen-bond acceptors (Lipinski definition) is 2. The molecule has 0 N–H and O–H groups in total. The van der Waals surface area contributed by atoms with Crippen LogP contribution in [0.1, 0.15) is 28.8 Å². The summed E-state index contributed by atoms with van der Waals surface area (Å²) in [6.45, 7) is 0.569. The van der Waals surface area contributed by atoms with Crippen LogP contribution in [0.15, 0.2) is 60.7 Å². The standard InChI is InChI=1S/C18H19NO2/c1-19(14-15-8-4-2-5-9-15)18(21)13-12-17(20)16-10-6-3-7-11-16/h2-11H,12-14H2,1H3. The number of rotatable bonds is 6. The van der Waals surface area contributed by atoms with Gasteiger partial charge in [0.05, 0.1) is 0 Å². The fourth-order valence-electron chi connectivity index (χ4n) is 2.13. The van der Waals surface area contributed by atoms with Gasteiger partial charge in [0.2, 0.25) is 5.91 Å². The molecule has 2 aromatic carbocycles. The zero-order valence-electron chi connectivity index (χ0n) is 12.2. The van der Waals surface area contributed by atoms with E-state index in [1.165, 1.54) is 0 Å². The summed E-state index contributed by atoms with van der Waals surface area (Å²) in [5.41, 5.74) is 1.75. The first-order valence-corrected chi connectivity index (χ1v) is 7.03. The number of carbonyl (C=O) groups excluding carboxylic acids is 2. The van der Waals surface area contributed by atoms with Gasteiger partial charge in [-0.2, -0.15) is 0 Å². The highest BCUT2D eigenvalue weighted by atomic mass is 16.2. The summed E-state index contributed by atoms with van der Waals surface area (Å²) in [5.74, 6) is 0.000181. The molecule has 0 aliphatic carbocycles. The van der Waals surface area contributed by atoms with Crippen LogP contribution in [0.5, 0.6) is 0 Å². The number of ketones is 1. The van der Waals surface area contributed by atoms with Gasteiger partial charge in [-0.05, 0) is 5.56 Å². The van der Waals surface area contributed by atoms with Crippen LogP contribution in [0.4, 0.5) is 0 Å². The van der Waals surface area contributed by atoms with Crippen LogP contribution >= 0.6 is 0 Å². The summed E-state index contributed by atoms with van der Waals surface area (Å²) in [5, 5.41) is 0. The molecule has 0 bridgehead atoms. The maximum absolute atomic E-state index is 12.1. The Labute approximate surface area is 125 Å². The van der Waals surface area contributed by atoms with Crippen molar-refractivity contribution in [3.63, 3.8) is 0 Å². The normalized spacial score (nSPS) is 10.1. The number of nitrogens with zero attached hydrogens (tertiary/aromatic N) is 1. The molecule has 0 radical (unpaired) electrons. The molecule has 0 saturated carbocycles. The summed E-state index contributed by atoms with van der Waals surface area (Å²) >= 11 is 0. The molecule has 0 aromatic heterocycles. The van der Waals surface area contributed by atoms with E-state index in [-0.39, 0.29) is 24.5 Å². The van der Waals surface area contributed by atoms with Crippen molar-refractivity contribution in [2.75, 3.05) is 7.05 Å². The highest BCUT2D eigenvalue weighted by Crippen LogP contribution is 2.08. The summed E-state index contributed by atoms with van der Waals surface area (Å²) in [6.07, 6.45) is 0.499. The van der Waals surface area contributed by atoms with Crippen molar-refractivity contribution < 1.29 is 9.59 Å². The van der Waals surface area contributed by atoms with E-state index in [1.54, 1.807) is 24.1 Å². The average Bonchev–Trinajstić information content (AvgIpc) is 2.54. The SMILES string of the molecule is CN(Cc1ccccc1)C(=O)CCC(=O)c1ccccc1. The Bertz CT molecular complexity index is 593. The smallest absolute Gasteiger partial charge is 0.223 e. The lowest BCUT2D eigenvalue weighted by atomic mass is 10.1. The van der Waals surface area contributed by atoms with Crippen LogP contribution in [0, 0.1) is 0 Å². The van der Waals surface area contributed by atoms with Crippen LogP contribution in [-0.4, -0.2) is 23.6 Å². The van der Waals surface area contributed by atoms with E-state index in [4.69, 9.17) is 0 Å². The third-order valence-electron chi connectivity index (χ3n) is 3.35. The van der Waals surface area contributed by atoms with Gasteiger partial charge in [0.1, 0.15) is 0 Å². The van der Waals surface area contributed by atoms with Gasteiger partial charge in [0.25, 0.3) is 0 Å². The molecule has 0 aliphatic rings. The van der Waals surface area contributed by atoms with Crippen molar-refractivity contribution >= 4 is 11.7 Å². The fourth-order valence-corrected chi connectivity index (χ4v) is 2.13. The van der Waals surface area contributed by atoms with Gasteiger partial charge in [-0.3, -0.25) is 9.59 Å². The average molecular weight is 281 g/mol. The third-order valence-corrected chi connectivity index (χ3v) is 3.35. The molecular weight excluding hydrogens is 262 g/mol. The molecule has 2 aromatic rings. The molecule has 0 unspecified atom stereocenters. The zero-order chi connectivity index (χ0) is 15.1. The lowest BCUT2D eigenvalue weighted by molar-refractivity contribution is -0.130. The van der Waals surface area contributed by atoms with Crippen molar-refractivity contribution in [2.24, 2.45) is 0 Å². The molecule has 1 amide bonds. The van der Waals surface area contributed by atoms with Gasteiger partial charge in [0.15, 0.2) is 5.78 Å². The van der Waals surface area contributed by atoms with Gasteiger partial charge in [-0.25, -0.2) is 0 Å². The molecule has 0 fully saturated rings. The maximum atomic E-state index is 12.1. The van der Waals surface area contributed by atoms with E-state index < -0.39 is 0 Å². The Morgan fingerprint density at radius 3 is 2.05 bits per heavy atom. The van der Waals surface area contributed by atoms with Gasteiger partial charge in [-0.1, -0.05) is 60.7 Å². The molecule has 0 heterocycles. The molecule has 0 atom stereocenters. The minimum absolute atomic E-state index is 0.0110. The number of carbonyl (C=O) groups is 2. The van der Waals surface area contributed by atoms with Gasteiger partial charge in [-0.15, -0.1) is 0 Å². The molecule has 0 aliphatic heterocycles. The monoisotopic (exact) mass is 281 g/mol. The second kappa shape index (κ2) is 7.39. The van der Waals surface area contributed by atoms with Gasteiger partial charge >= 0.3 is 0 Å². The quantitative estimate of drug-likeness (QED) is 0.762. The molecule has 0 spiro atoms. The molecule has 0 saturated heterocycles. The topological polar surface area (TPSA) is 37.4 Å². The molecule has 3 heteroatoms. The lowest BCUT2D eigenvalue weighted by Crippen LogP contribution is -2.26. The molecule has 3 nitrogen and oxygen atoms in total. The predicted molar refractivity (Wildman–Crippen MR) is 82.9 cm³/mol. The first-order valence-electron chi connectivity index (χ1n) is 7.03. The maximum Gasteiger partial charge on any atom is 0.223 e. The van der Waals surface area contributed by atoms with Crippen molar-refractivity contribution in [2.45, 2.75) is 19.4 Å². The minimum Gasteiger partial charge on any atom is -0.341 e. The molecule has 2 rings (SSSR count). The van der Waals surface area contributed by atoms with E-state index in [1.807, 2.05) is 48.5 Å². The number of hydrogen-bond donors (Lipinski definition) is 0. The van der Waals surface area contributed by atoms with Crippen LogP contribution < -0.4 is 0 Å². The van der Waals surface area contributed by atoms with E-state index >= 15 is 0 Å². The minimum atomic E-state index is -0.0110. The zero-order valence-corrected chi connectivity index (χ0v) is 12.2. The van der Waals surface area contributed by atoms with Crippen molar-refractivity contribution in [3.8, 4) is 0 Å². The lowest BCUT2D eigenvalue weighted by Gasteiger charge is -2.17. The van der Waals surface area contributed by atoms with Crippen molar-refractivity contribution in [1.82, 2.24) is 4.90 Å². The Balaban J connectivity index is 1.83.